The highest BCUT2D eigenvalue weighted by molar-refractivity contribution is 5.93. The molecule has 0 bridgehead atoms. The van der Waals surface area contributed by atoms with Crippen molar-refractivity contribution in [2.24, 2.45) is 0 Å². The molecule has 1 amide bonds. The van der Waals surface area contributed by atoms with E-state index in [0.29, 0.717) is 5.56 Å². The summed E-state index contributed by atoms with van der Waals surface area (Å²) in [5.41, 5.74) is 2.26. The van der Waals surface area contributed by atoms with Gasteiger partial charge in [0.05, 0.1) is 6.42 Å². The number of hydrogen-bond acceptors (Lipinski definition) is 3. The highest BCUT2D eigenvalue weighted by Gasteiger charge is 2.08. The van der Waals surface area contributed by atoms with Crippen molar-refractivity contribution < 1.29 is 9.90 Å². The van der Waals surface area contributed by atoms with Gasteiger partial charge in [0.15, 0.2) is 0 Å². The molecular formula is C14H14N2O2. The highest BCUT2D eigenvalue weighted by Crippen LogP contribution is 2.17. The number of pyridine rings is 1. The second kappa shape index (κ2) is 5.31. The summed E-state index contributed by atoms with van der Waals surface area (Å²) in [4.78, 5) is 15.8. The number of anilines is 1. The number of phenolic OH excluding ortho intramolecular Hbond substituents is 1. The molecule has 1 heterocycles. The SMILES string of the molecule is Cc1cnccc1NC(=O)Cc1ccccc1O. The van der Waals surface area contributed by atoms with Gasteiger partial charge in [-0.15, -0.1) is 0 Å². The van der Waals surface area contributed by atoms with Gasteiger partial charge in [-0.1, -0.05) is 18.2 Å². The van der Waals surface area contributed by atoms with Crippen LogP contribution in [0.2, 0.25) is 0 Å². The summed E-state index contributed by atoms with van der Waals surface area (Å²) in [5, 5.41) is 12.4. The Morgan fingerprint density at radius 3 is 2.83 bits per heavy atom. The van der Waals surface area contributed by atoms with Gasteiger partial charge in [-0.25, -0.2) is 0 Å². The summed E-state index contributed by atoms with van der Waals surface area (Å²) in [6, 6.07) is 8.57. The van der Waals surface area contributed by atoms with Crippen LogP contribution in [-0.4, -0.2) is 16.0 Å². The van der Waals surface area contributed by atoms with Gasteiger partial charge < -0.3 is 10.4 Å². The third-order valence-corrected chi connectivity index (χ3v) is 2.64. The minimum atomic E-state index is -0.161. The number of hydrogen-bond donors (Lipinski definition) is 2. The van der Waals surface area contributed by atoms with Gasteiger partial charge >= 0.3 is 0 Å². The van der Waals surface area contributed by atoms with Crippen LogP contribution in [0, 0.1) is 6.92 Å². The van der Waals surface area contributed by atoms with Crippen molar-refractivity contribution in [3.63, 3.8) is 0 Å². The van der Waals surface area contributed by atoms with Gasteiger partial charge in [-0.05, 0) is 24.6 Å². The third kappa shape index (κ3) is 2.85. The highest BCUT2D eigenvalue weighted by atomic mass is 16.3. The van der Waals surface area contributed by atoms with Crippen LogP contribution in [-0.2, 0) is 11.2 Å². The third-order valence-electron chi connectivity index (χ3n) is 2.64. The summed E-state index contributed by atoms with van der Waals surface area (Å²) in [7, 11) is 0. The largest absolute Gasteiger partial charge is 0.508 e. The van der Waals surface area contributed by atoms with Crippen molar-refractivity contribution in [1.82, 2.24) is 4.98 Å². The standard InChI is InChI=1S/C14H14N2O2/c1-10-9-15-7-6-12(10)16-14(18)8-11-4-2-3-5-13(11)17/h2-7,9,17H,8H2,1H3,(H,15,16,18). The maximum atomic E-state index is 11.8. The Labute approximate surface area is 105 Å². The average Bonchev–Trinajstić information content (AvgIpc) is 2.35. The molecule has 0 aliphatic carbocycles. The summed E-state index contributed by atoms with van der Waals surface area (Å²) in [6.45, 7) is 1.88. The Morgan fingerprint density at radius 1 is 1.33 bits per heavy atom. The first-order chi connectivity index (χ1) is 8.66. The molecule has 1 aromatic heterocycles. The molecule has 0 aliphatic rings. The van der Waals surface area contributed by atoms with E-state index in [1.165, 1.54) is 0 Å². The van der Waals surface area contributed by atoms with Gasteiger partial charge in [-0.2, -0.15) is 0 Å². The van der Waals surface area contributed by atoms with E-state index in [-0.39, 0.29) is 18.1 Å². The fourth-order valence-corrected chi connectivity index (χ4v) is 1.64. The number of aromatic nitrogens is 1. The Morgan fingerprint density at radius 2 is 2.11 bits per heavy atom. The molecular weight excluding hydrogens is 228 g/mol. The lowest BCUT2D eigenvalue weighted by Gasteiger charge is -2.08. The molecule has 0 saturated carbocycles. The van der Waals surface area contributed by atoms with Gasteiger partial charge in [0.2, 0.25) is 5.91 Å². The Hall–Kier alpha value is -2.36. The molecule has 0 fully saturated rings. The second-order valence-electron chi connectivity index (χ2n) is 4.04. The van der Waals surface area contributed by atoms with Crippen molar-refractivity contribution in [3.8, 4) is 5.75 Å². The van der Waals surface area contributed by atoms with Crippen LogP contribution in [0.15, 0.2) is 42.7 Å². The van der Waals surface area contributed by atoms with Crippen LogP contribution in [0.1, 0.15) is 11.1 Å². The molecule has 0 atom stereocenters. The summed E-state index contributed by atoms with van der Waals surface area (Å²) >= 11 is 0. The lowest BCUT2D eigenvalue weighted by Crippen LogP contribution is -2.15. The van der Waals surface area contributed by atoms with Crippen molar-refractivity contribution in [3.05, 3.63) is 53.9 Å². The number of para-hydroxylation sites is 1. The molecule has 0 unspecified atom stereocenters. The molecule has 2 N–H and O–H groups in total. The zero-order valence-electron chi connectivity index (χ0n) is 10.1. The number of nitrogens with one attached hydrogen (secondary N) is 1. The fourth-order valence-electron chi connectivity index (χ4n) is 1.64. The van der Waals surface area contributed by atoms with Crippen LogP contribution in [0.5, 0.6) is 5.75 Å². The minimum Gasteiger partial charge on any atom is -0.508 e. The number of amides is 1. The molecule has 0 spiro atoms. The number of aromatic hydroxyl groups is 1. The van der Waals surface area contributed by atoms with E-state index in [0.717, 1.165) is 11.3 Å². The van der Waals surface area contributed by atoms with Crippen LogP contribution < -0.4 is 5.32 Å². The van der Waals surface area contributed by atoms with E-state index >= 15 is 0 Å². The number of rotatable bonds is 3. The van der Waals surface area contributed by atoms with E-state index in [9.17, 15) is 9.90 Å². The maximum absolute atomic E-state index is 11.8. The molecule has 1 aromatic carbocycles. The van der Waals surface area contributed by atoms with Crippen molar-refractivity contribution in [2.45, 2.75) is 13.3 Å². The number of carbonyl (C=O) groups is 1. The number of carbonyl (C=O) groups excluding carboxylic acids is 1. The molecule has 2 aromatic rings. The average molecular weight is 242 g/mol. The predicted octanol–water partition coefficient (Wildman–Crippen LogP) is 2.28. The zero-order valence-corrected chi connectivity index (χ0v) is 10.1. The van der Waals surface area contributed by atoms with Gasteiger partial charge in [0.25, 0.3) is 0 Å². The van der Waals surface area contributed by atoms with E-state index < -0.39 is 0 Å². The minimum absolute atomic E-state index is 0.138. The lowest BCUT2D eigenvalue weighted by molar-refractivity contribution is -0.115. The second-order valence-corrected chi connectivity index (χ2v) is 4.04. The number of benzene rings is 1. The lowest BCUT2D eigenvalue weighted by atomic mass is 10.1. The molecule has 18 heavy (non-hydrogen) atoms. The first-order valence-electron chi connectivity index (χ1n) is 5.64. The molecule has 0 radical (unpaired) electrons. The zero-order chi connectivity index (χ0) is 13.0. The van der Waals surface area contributed by atoms with Crippen molar-refractivity contribution in [2.75, 3.05) is 5.32 Å². The van der Waals surface area contributed by atoms with Gasteiger partial charge in [0, 0.05) is 23.6 Å². The van der Waals surface area contributed by atoms with Crippen LogP contribution in [0.25, 0.3) is 0 Å². The number of nitrogens with zero attached hydrogens (tertiary/aromatic N) is 1. The molecule has 4 nitrogen and oxygen atoms in total. The molecule has 0 aliphatic heterocycles. The van der Waals surface area contributed by atoms with Gasteiger partial charge in [0.1, 0.15) is 5.75 Å². The normalized spacial score (nSPS) is 10.1. The van der Waals surface area contributed by atoms with E-state index in [2.05, 4.69) is 10.3 Å². The van der Waals surface area contributed by atoms with Crippen LogP contribution in [0.4, 0.5) is 5.69 Å². The summed E-state index contributed by atoms with van der Waals surface area (Å²) in [6.07, 6.45) is 3.46. The Kier molecular flexibility index (Phi) is 3.57. The first kappa shape index (κ1) is 12.1. The molecule has 2 rings (SSSR count). The van der Waals surface area contributed by atoms with E-state index in [4.69, 9.17) is 0 Å². The molecule has 4 heteroatoms. The van der Waals surface area contributed by atoms with Crippen LogP contribution >= 0.6 is 0 Å². The maximum Gasteiger partial charge on any atom is 0.228 e. The van der Waals surface area contributed by atoms with Crippen molar-refractivity contribution in [1.29, 1.82) is 0 Å². The molecule has 92 valence electrons. The quantitative estimate of drug-likeness (QED) is 0.868. The van der Waals surface area contributed by atoms with Gasteiger partial charge in [-0.3, -0.25) is 9.78 Å². The fraction of sp³-hybridized carbons (Fsp3) is 0.143. The Balaban J connectivity index is 2.06. The topological polar surface area (TPSA) is 62.2 Å². The predicted molar refractivity (Wildman–Crippen MR) is 69.4 cm³/mol. The summed E-state index contributed by atoms with van der Waals surface area (Å²) in [5.74, 6) is -0.0232. The van der Waals surface area contributed by atoms with E-state index in [1.807, 2.05) is 6.92 Å². The van der Waals surface area contributed by atoms with E-state index in [1.54, 1.807) is 42.7 Å². The van der Waals surface area contributed by atoms with Crippen LogP contribution in [0.3, 0.4) is 0 Å². The molecule has 0 saturated heterocycles. The summed E-state index contributed by atoms with van der Waals surface area (Å²) < 4.78 is 0. The van der Waals surface area contributed by atoms with Crippen molar-refractivity contribution >= 4 is 11.6 Å². The number of phenols is 1. The monoisotopic (exact) mass is 242 g/mol. The Bertz CT molecular complexity index is 518. The number of aryl methyl sites for hydroxylation is 1. The first-order valence-corrected chi connectivity index (χ1v) is 5.64. The smallest absolute Gasteiger partial charge is 0.228 e.